The Morgan fingerprint density at radius 1 is 1.11 bits per heavy atom. The zero-order valence-electron chi connectivity index (χ0n) is 10.3. The molecule has 1 aromatic heterocycles. The lowest BCUT2D eigenvalue weighted by Crippen LogP contribution is -1.93. The standard InChI is InChI=1S/C15H13Cl3S/c16-11-5-4-9(6-12(11)17)7-13(18)15-8-10-2-1-3-14(10)19-15/h4-6,8,13H,1-3,7H2. The third-order valence-electron chi connectivity index (χ3n) is 3.47. The minimum absolute atomic E-state index is 0.0212. The van der Waals surface area contributed by atoms with E-state index < -0.39 is 0 Å². The zero-order chi connectivity index (χ0) is 13.4. The number of alkyl halides is 1. The topological polar surface area (TPSA) is 0 Å². The molecule has 3 rings (SSSR count). The van der Waals surface area contributed by atoms with Crippen LogP contribution >= 0.6 is 46.1 Å². The van der Waals surface area contributed by atoms with Crippen LogP contribution in [0.5, 0.6) is 0 Å². The summed E-state index contributed by atoms with van der Waals surface area (Å²) in [6.45, 7) is 0. The third kappa shape index (κ3) is 2.95. The number of hydrogen-bond donors (Lipinski definition) is 0. The Balaban J connectivity index is 1.76. The molecular formula is C15H13Cl3S. The molecule has 0 saturated carbocycles. The molecule has 1 aromatic carbocycles. The van der Waals surface area contributed by atoms with Gasteiger partial charge in [0.2, 0.25) is 0 Å². The van der Waals surface area contributed by atoms with E-state index in [9.17, 15) is 0 Å². The summed E-state index contributed by atoms with van der Waals surface area (Å²) in [4.78, 5) is 2.80. The highest BCUT2D eigenvalue weighted by Crippen LogP contribution is 2.37. The Morgan fingerprint density at radius 2 is 1.95 bits per heavy atom. The molecule has 100 valence electrons. The lowest BCUT2D eigenvalue weighted by Gasteiger charge is -2.08. The number of aryl methyl sites for hydroxylation is 2. The van der Waals surface area contributed by atoms with Crippen LogP contribution in [0.4, 0.5) is 0 Å². The summed E-state index contributed by atoms with van der Waals surface area (Å²) in [6.07, 6.45) is 4.51. The molecule has 1 aliphatic rings. The van der Waals surface area contributed by atoms with Crippen molar-refractivity contribution in [1.82, 2.24) is 0 Å². The van der Waals surface area contributed by atoms with Gasteiger partial charge >= 0.3 is 0 Å². The molecule has 1 atom stereocenters. The molecule has 0 spiro atoms. The molecule has 1 aliphatic carbocycles. The second kappa shape index (κ2) is 5.65. The molecule has 0 amide bonds. The van der Waals surface area contributed by atoms with Gasteiger partial charge in [-0.1, -0.05) is 29.3 Å². The third-order valence-corrected chi connectivity index (χ3v) is 6.08. The van der Waals surface area contributed by atoms with Gasteiger partial charge in [-0.05, 0) is 55.0 Å². The Kier molecular flexibility index (Phi) is 4.09. The summed E-state index contributed by atoms with van der Waals surface area (Å²) in [7, 11) is 0. The van der Waals surface area contributed by atoms with Gasteiger partial charge in [-0.3, -0.25) is 0 Å². The van der Waals surface area contributed by atoms with Crippen molar-refractivity contribution in [2.45, 2.75) is 31.1 Å². The second-order valence-corrected chi connectivity index (χ2v) is 7.38. The van der Waals surface area contributed by atoms with Gasteiger partial charge in [0.1, 0.15) is 0 Å². The van der Waals surface area contributed by atoms with Crippen LogP contribution < -0.4 is 0 Å². The lowest BCUT2D eigenvalue weighted by atomic mass is 10.1. The molecule has 1 unspecified atom stereocenters. The van der Waals surface area contributed by atoms with Crippen molar-refractivity contribution in [3.8, 4) is 0 Å². The van der Waals surface area contributed by atoms with Gasteiger partial charge < -0.3 is 0 Å². The molecule has 19 heavy (non-hydrogen) atoms. The van der Waals surface area contributed by atoms with Crippen molar-refractivity contribution >= 4 is 46.1 Å². The number of benzene rings is 1. The van der Waals surface area contributed by atoms with Crippen molar-refractivity contribution in [1.29, 1.82) is 0 Å². The first kappa shape index (κ1) is 13.8. The fourth-order valence-corrected chi connectivity index (χ4v) is 4.41. The van der Waals surface area contributed by atoms with E-state index in [1.807, 2.05) is 29.5 Å². The van der Waals surface area contributed by atoms with Crippen LogP contribution in [0.25, 0.3) is 0 Å². The van der Waals surface area contributed by atoms with Gasteiger partial charge in [-0.25, -0.2) is 0 Å². The van der Waals surface area contributed by atoms with Crippen LogP contribution in [0.3, 0.4) is 0 Å². The fraction of sp³-hybridized carbons (Fsp3) is 0.333. The molecule has 0 saturated heterocycles. The van der Waals surface area contributed by atoms with Crippen LogP contribution in [0.1, 0.15) is 32.7 Å². The zero-order valence-corrected chi connectivity index (χ0v) is 13.3. The first-order chi connectivity index (χ1) is 9.13. The SMILES string of the molecule is Clc1ccc(CC(Cl)c2cc3c(s2)CCC3)cc1Cl. The molecule has 0 aliphatic heterocycles. The predicted molar refractivity (Wildman–Crippen MR) is 85.1 cm³/mol. The Morgan fingerprint density at radius 3 is 2.68 bits per heavy atom. The van der Waals surface area contributed by atoms with Gasteiger partial charge in [0.15, 0.2) is 0 Å². The molecule has 0 radical (unpaired) electrons. The van der Waals surface area contributed by atoms with E-state index >= 15 is 0 Å². The highest BCUT2D eigenvalue weighted by atomic mass is 35.5. The highest BCUT2D eigenvalue weighted by molar-refractivity contribution is 7.12. The first-order valence-corrected chi connectivity index (χ1v) is 8.34. The number of thiophene rings is 1. The summed E-state index contributed by atoms with van der Waals surface area (Å²) >= 11 is 20.4. The maximum atomic E-state index is 6.53. The van der Waals surface area contributed by atoms with E-state index in [0.717, 1.165) is 12.0 Å². The lowest BCUT2D eigenvalue weighted by molar-refractivity contribution is 0.905. The monoisotopic (exact) mass is 330 g/mol. The summed E-state index contributed by atoms with van der Waals surface area (Å²) < 4.78 is 0. The highest BCUT2D eigenvalue weighted by Gasteiger charge is 2.19. The van der Waals surface area contributed by atoms with Crippen LogP contribution in [-0.4, -0.2) is 0 Å². The minimum Gasteiger partial charge on any atom is -0.144 e. The van der Waals surface area contributed by atoms with Crippen LogP contribution in [0.15, 0.2) is 24.3 Å². The molecule has 0 fully saturated rings. The molecule has 2 aromatic rings. The Labute approximate surface area is 132 Å². The average Bonchev–Trinajstić information content (AvgIpc) is 2.94. The number of rotatable bonds is 3. The van der Waals surface area contributed by atoms with Gasteiger partial charge in [0, 0.05) is 9.75 Å². The Hall–Kier alpha value is -0.210. The summed E-state index contributed by atoms with van der Waals surface area (Å²) in [5.74, 6) is 0. The largest absolute Gasteiger partial charge is 0.144 e. The van der Waals surface area contributed by atoms with E-state index in [0.29, 0.717) is 10.0 Å². The predicted octanol–water partition coefficient (Wildman–Crippen LogP) is 6.07. The fourth-order valence-electron chi connectivity index (χ4n) is 2.48. The van der Waals surface area contributed by atoms with E-state index in [4.69, 9.17) is 34.8 Å². The minimum atomic E-state index is 0.0212. The normalized spacial score (nSPS) is 15.5. The van der Waals surface area contributed by atoms with Crippen molar-refractivity contribution < 1.29 is 0 Å². The quantitative estimate of drug-likeness (QED) is 0.599. The van der Waals surface area contributed by atoms with Gasteiger partial charge in [-0.15, -0.1) is 22.9 Å². The van der Waals surface area contributed by atoms with Crippen molar-refractivity contribution in [3.63, 3.8) is 0 Å². The average molecular weight is 332 g/mol. The molecule has 1 heterocycles. The maximum absolute atomic E-state index is 6.53. The number of halogens is 3. The van der Waals surface area contributed by atoms with Crippen LogP contribution in [-0.2, 0) is 19.3 Å². The summed E-state index contributed by atoms with van der Waals surface area (Å²) in [5.41, 5.74) is 2.63. The van der Waals surface area contributed by atoms with E-state index in [-0.39, 0.29) is 5.38 Å². The van der Waals surface area contributed by atoms with Crippen molar-refractivity contribution in [3.05, 3.63) is 55.2 Å². The molecule has 4 heteroatoms. The van der Waals surface area contributed by atoms with Gasteiger partial charge in [-0.2, -0.15) is 0 Å². The maximum Gasteiger partial charge on any atom is 0.0719 e. The van der Waals surface area contributed by atoms with Gasteiger partial charge in [0.05, 0.1) is 15.4 Å². The van der Waals surface area contributed by atoms with Crippen LogP contribution in [0.2, 0.25) is 10.0 Å². The molecule has 0 N–H and O–H groups in total. The van der Waals surface area contributed by atoms with Crippen LogP contribution in [0, 0.1) is 0 Å². The summed E-state index contributed by atoms with van der Waals surface area (Å²) in [6, 6.07) is 8.00. The van der Waals surface area contributed by atoms with Gasteiger partial charge in [0.25, 0.3) is 0 Å². The smallest absolute Gasteiger partial charge is 0.0719 e. The van der Waals surface area contributed by atoms with Crippen molar-refractivity contribution in [2.24, 2.45) is 0 Å². The van der Waals surface area contributed by atoms with E-state index in [1.54, 1.807) is 0 Å². The van der Waals surface area contributed by atoms with E-state index in [1.165, 1.54) is 34.6 Å². The molecule has 0 bridgehead atoms. The molecule has 0 nitrogen and oxygen atoms in total. The molecular weight excluding hydrogens is 319 g/mol. The summed E-state index contributed by atoms with van der Waals surface area (Å²) in [5, 5.41) is 1.20. The number of fused-ring (bicyclic) bond motifs is 1. The number of hydrogen-bond acceptors (Lipinski definition) is 1. The van der Waals surface area contributed by atoms with Crippen molar-refractivity contribution in [2.75, 3.05) is 0 Å². The first-order valence-electron chi connectivity index (χ1n) is 6.33. The Bertz CT molecular complexity index is 582. The second-order valence-electron chi connectivity index (χ2n) is 4.87. The van der Waals surface area contributed by atoms with E-state index in [2.05, 4.69) is 6.07 Å².